The van der Waals surface area contributed by atoms with Gasteiger partial charge in [-0.2, -0.15) is 0 Å². The minimum absolute atomic E-state index is 0.0403. The lowest BCUT2D eigenvalue weighted by Gasteiger charge is -2.07. The number of carbonyl (C=O) groups excluding carboxylic acids is 2. The zero-order chi connectivity index (χ0) is 17.3. The summed E-state index contributed by atoms with van der Waals surface area (Å²) < 4.78 is 5.21. The van der Waals surface area contributed by atoms with Crippen molar-refractivity contribution in [1.29, 1.82) is 0 Å². The van der Waals surface area contributed by atoms with E-state index in [2.05, 4.69) is 10.3 Å². The van der Waals surface area contributed by atoms with E-state index in [0.29, 0.717) is 16.8 Å². The zero-order valence-electron chi connectivity index (χ0n) is 13.8. The number of aromatic amines is 1. The van der Waals surface area contributed by atoms with Crippen molar-refractivity contribution in [1.82, 2.24) is 4.98 Å². The molecule has 1 amide bonds. The Hall–Kier alpha value is -3.08. The summed E-state index contributed by atoms with van der Waals surface area (Å²) in [5, 5.41) is 3.69. The van der Waals surface area contributed by atoms with Gasteiger partial charge in [-0.05, 0) is 38.1 Å². The van der Waals surface area contributed by atoms with Crippen LogP contribution in [0.15, 0.2) is 42.5 Å². The number of amides is 1. The van der Waals surface area contributed by atoms with Gasteiger partial charge in [-0.15, -0.1) is 0 Å². The van der Waals surface area contributed by atoms with Crippen LogP contribution in [0.2, 0.25) is 0 Å². The maximum absolute atomic E-state index is 12.7. The number of aromatic nitrogens is 1. The molecule has 3 rings (SSSR count). The van der Waals surface area contributed by atoms with Crippen LogP contribution in [0.3, 0.4) is 0 Å². The third kappa shape index (κ3) is 2.88. The van der Waals surface area contributed by atoms with Crippen molar-refractivity contribution in [3.8, 4) is 5.75 Å². The van der Waals surface area contributed by atoms with Gasteiger partial charge in [0.1, 0.15) is 5.75 Å². The van der Waals surface area contributed by atoms with E-state index >= 15 is 0 Å². The topological polar surface area (TPSA) is 71.2 Å². The minimum atomic E-state index is -0.218. The summed E-state index contributed by atoms with van der Waals surface area (Å²) >= 11 is 0. The number of methoxy groups -OCH3 is 1. The van der Waals surface area contributed by atoms with E-state index < -0.39 is 0 Å². The molecule has 5 heteroatoms. The largest absolute Gasteiger partial charge is 0.497 e. The van der Waals surface area contributed by atoms with Crippen LogP contribution < -0.4 is 10.1 Å². The SMILES string of the molecule is COc1ccc2c(C(=O)Nc3cccc(C(C)=O)c3)c(C)[nH]c2c1. The molecule has 0 bridgehead atoms. The molecule has 5 nitrogen and oxygen atoms in total. The summed E-state index contributed by atoms with van der Waals surface area (Å²) in [5.41, 5.74) is 3.36. The Kier molecular flexibility index (Phi) is 4.08. The smallest absolute Gasteiger partial charge is 0.258 e. The van der Waals surface area contributed by atoms with Gasteiger partial charge in [0, 0.05) is 28.4 Å². The molecule has 1 heterocycles. The number of hydrogen-bond acceptors (Lipinski definition) is 3. The van der Waals surface area contributed by atoms with Crippen LogP contribution in [0.25, 0.3) is 10.9 Å². The molecule has 3 aromatic rings. The minimum Gasteiger partial charge on any atom is -0.497 e. The average Bonchev–Trinajstić information content (AvgIpc) is 2.89. The Bertz CT molecular complexity index is 941. The zero-order valence-corrected chi connectivity index (χ0v) is 13.8. The summed E-state index contributed by atoms with van der Waals surface area (Å²) in [7, 11) is 1.60. The van der Waals surface area contributed by atoms with Crippen molar-refractivity contribution in [2.45, 2.75) is 13.8 Å². The highest BCUT2D eigenvalue weighted by atomic mass is 16.5. The third-order valence-corrected chi connectivity index (χ3v) is 3.95. The molecule has 0 aliphatic heterocycles. The normalized spacial score (nSPS) is 10.6. The summed E-state index contributed by atoms with van der Waals surface area (Å²) in [6.07, 6.45) is 0. The second kappa shape index (κ2) is 6.20. The molecule has 122 valence electrons. The number of H-pyrrole nitrogens is 1. The predicted octanol–water partition coefficient (Wildman–Crippen LogP) is 3.94. The highest BCUT2D eigenvalue weighted by Crippen LogP contribution is 2.27. The monoisotopic (exact) mass is 322 g/mol. The molecule has 2 N–H and O–H groups in total. The van der Waals surface area contributed by atoms with Gasteiger partial charge in [-0.3, -0.25) is 9.59 Å². The first kappa shape index (κ1) is 15.8. The molecule has 0 aliphatic rings. The third-order valence-electron chi connectivity index (χ3n) is 3.95. The number of ketones is 1. The Balaban J connectivity index is 1.95. The molecule has 0 atom stereocenters. The van der Waals surface area contributed by atoms with Crippen molar-refractivity contribution in [3.05, 3.63) is 59.3 Å². The maximum atomic E-state index is 12.7. The van der Waals surface area contributed by atoms with Crippen LogP contribution in [0.5, 0.6) is 5.75 Å². The molecular formula is C19H18N2O3. The number of hydrogen-bond donors (Lipinski definition) is 2. The first-order valence-electron chi connectivity index (χ1n) is 7.58. The van der Waals surface area contributed by atoms with Gasteiger partial charge in [-0.1, -0.05) is 12.1 Å². The standard InChI is InChI=1S/C19H18N2O3/c1-11-18(16-8-7-15(24-3)10-17(16)20-11)19(23)21-14-6-4-5-13(9-14)12(2)22/h4-10,20H,1-3H3,(H,21,23). The molecule has 24 heavy (non-hydrogen) atoms. The summed E-state index contributed by atoms with van der Waals surface area (Å²) in [6.45, 7) is 3.35. The Morgan fingerprint density at radius 1 is 1.12 bits per heavy atom. The predicted molar refractivity (Wildman–Crippen MR) is 94.0 cm³/mol. The number of aryl methyl sites for hydroxylation is 1. The van der Waals surface area contributed by atoms with Gasteiger partial charge in [0.25, 0.3) is 5.91 Å². The van der Waals surface area contributed by atoms with Crippen LogP contribution in [0.1, 0.15) is 33.3 Å². The summed E-state index contributed by atoms with van der Waals surface area (Å²) in [6, 6.07) is 12.4. The molecule has 0 unspecified atom stereocenters. The first-order chi connectivity index (χ1) is 11.5. The van der Waals surface area contributed by atoms with Gasteiger partial charge < -0.3 is 15.0 Å². The molecule has 0 saturated carbocycles. The van der Waals surface area contributed by atoms with Crippen molar-refractivity contribution in [2.75, 3.05) is 12.4 Å². The highest BCUT2D eigenvalue weighted by Gasteiger charge is 2.17. The molecule has 0 saturated heterocycles. The number of anilines is 1. The van der Waals surface area contributed by atoms with E-state index in [1.807, 2.05) is 25.1 Å². The second-order valence-electron chi connectivity index (χ2n) is 5.63. The van der Waals surface area contributed by atoms with Gasteiger partial charge in [0.2, 0.25) is 0 Å². The first-order valence-corrected chi connectivity index (χ1v) is 7.58. The number of ether oxygens (including phenoxy) is 1. The van der Waals surface area contributed by atoms with Crippen molar-refractivity contribution >= 4 is 28.3 Å². The van der Waals surface area contributed by atoms with E-state index in [1.54, 1.807) is 31.4 Å². The summed E-state index contributed by atoms with van der Waals surface area (Å²) in [5.74, 6) is 0.468. The molecular weight excluding hydrogens is 304 g/mol. The second-order valence-corrected chi connectivity index (χ2v) is 5.63. The number of rotatable bonds is 4. The fourth-order valence-corrected chi connectivity index (χ4v) is 2.74. The van der Waals surface area contributed by atoms with Crippen LogP contribution in [0, 0.1) is 6.92 Å². The lowest BCUT2D eigenvalue weighted by molar-refractivity contribution is 0.101. The molecule has 0 radical (unpaired) electrons. The van der Waals surface area contributed by atoms with Crippen molar-refractivity contribution < 1.29 is 14.3 Å². The van der Waals surface area contributed by atoms with Crippen molar-refractivity contribution in [2.24, 2.45) is 0 Å². The van der Waals surface area contributed by atoms with E-state index in [-0.39, 0.29) is 11.7 Å². The quantitative estimate of drug-likeness (QED) is 0.715. The number of Topliss-reactive ketones (excluding diaryl/α,β-unsaturated/α-hetero) is 1. The van der Waals surface area contributed by atoms with Crippen LogP contribution in [0.4, 0.5) is 5.69 Å². The molecule has 0 aliphatic carbocycles. The number of fused-ring (bicyclic) bond motifs is 1. The van der Waals surface area contributed by atoms with Gasteiger partial charge in [-0.25, -0.2) is 0 Å². The lowest BCUT2D eigenvalue weighted by atomic mass is 10.1. The molecule has 0 fully saturated rings. The average molecular weight is 322 g/mol. The molecule has 1 aromatic heterocycles. The highest BCUT2D eigenvalue weighted by molar-refractivity contribution is 6.14. The van der Waals surface area contributed by atoms with Crippen LogP contribution in [-0.2, 0) is 0 Å². The fraction of sp³-hybridized carbons (Fsp3) is 0.158. The Morgan fingerprint density at radius 3 is 2.62 bits per heavy atom. The van der Waals surface area contributed by atoms with Gasteiger partial charge in [0.15, 0.2) is 5.78 Å². The number of benzene rings is 2. The molecule has 2 aromatic carbocycles. The lowest BCUT2D eigenvalue weighted by Crippen LogP contribution is -2.13. The van der Waals surface area contributed by atoms with E-state index in [0.717, 1.165) is 22.3 Å². The summed E-state index contributed by atoms with van der Waals surface area (Å²) in [4.78, 5) is 27.4. The Morgan fingerprint density at radius 2 is 1.92 bits per heavy atom. The fourth-order valence-electron chi connectivity index (χ4n) is 2.74. The van der Waals surface area contributed by atoms with E-state index in [9.17, 15) is 9.59 Å². The van der Waals surface area contributed by atoms with Crippen LogP contribution in [-0.4, -0.2) is 23.8 Å². The van der Waals surface area contributed by atoms with Gasteiger partial charge in [0.05, 0.1) is 18.2 Å². The Labute approximate surface area is 139 Å². The van der Waals surface area contributed by atoms with Gasteiger partial charge >= 0.3 is 0 Å². The van der Waals surface area contributed by atoms with E-state index in [4.69, 9.17) is 4.74 Å². The maximum Gasteiger partial charge on any atom is 0.258 e. The number of nitrogens with one attached hydrogen (secondary N) is 2. The van der Waals surface area contributed by atoms with Crippen molar-refractivity contribution in [3.63, 3.8) is 0 Å². The number of carbonyl (C=O) groups is 2. The van der Waals surface area contributed by atoms with E-state index in [1.165, 1.54) is 6.92 Å². The van der Waals surface area contributed by atoms with Crippen LogP contribution >= 0.6 is 0 Å². The molecule has 0 spiro atoms.